The Bertz CT molecular complexity index is 529. The highest BCUT2D eigenvalue weighted by molar-refractivity contribution is 5.29. The van der Waals surface area contributed by atoms with Gasteiger partial charge in [-0.2, -0.15) is 0 Å². The van der Waals surface area contributed by atoms with E-state index < -0.39 is 0 Å². The third-order valence-electron chi connectivity index (χ3n) is 3.16. The maximum Gasteiger partial charge on any atom is 0.122 e. The second-order valence-electron chi connectivity index (χ2n) is 5.24. The number of rotatable bonds is 6. The van der Waals surface area contributed by atoms with Gasteiger partial charge in [0.1, 0.15) is 24.7 Å². The molecular formula is C18H22O2. The van der Waals surface area contributed by atoms with Crippen LogP contribution in [-0.2, 0) is 0 Å². The highest BCUT2D eigenvalue weighted by atomic mass is 16.5. The molecule has 2 rings (SSSR count). The van der Waals surface area contributed by atoms with Gasteiger partial charge in [0, 0.05) is 0 Å². The number of hydrogen-bond donors (Lipinski definition) is 0. The molecule has 2 aromatic carbocycles. The number of benzene rings is 2. The van der Waals surface area contributed by atoms with Gasteiger partial charge < -0.3 is 9.47 Å². The molecule has 2 heteroatoms. The fourth-order valence-corrected chi connectivity index (χ4v) is 1.97. The van der Waals surface area contributed by atoms with Crippen molar-refractivity contribution >= 4 is 0 Å². The van der Waals surface area contributed by atoms with Gasteiger partial charge in [-0.25, -0.2) is 0 Å². The zero-order valence-electron chi connectivity index (χ0n) is 12.4. The van der Waals surface area contributed by atoms with Gasteiger partial charge in [0.15, 0.2) is 0 Å². The van der Waals surface area contributed by atoms with Crippen LogP contribution in [0, 0.1) is 6.92 Å². The average Bonchev–Trinajstić information content (AvgIpc) is 2.44. The minimum Gasteiger partial charge on any atom is -0.490 e. The summed E-state index contributed by atoms with van der Waals surface area (Å²) in [6, 6.07) is 16.3. The molecule has 0 N–H and O–H groups in total. The molecule has 20 heavy (non-hydrogen) atoms. The Morgan fingerprint density at radius 2 is 1.50 bits per heavy atom. The van der Waals surface area contributed by atoms with E-state index in [1.54, 1.807) is 0 Å². The zero-order valence-corrected chi connectivity index (χ0v) is 12.4. The largest absolute Gasteiger partial charge is 0.490 e. The summed E-state index contributed by atoms with van der Waals surface area (Å²) in [5, 5.41) is 0. The third-order valence-corrected chi connectivity index (χ3v) is 3.16. The van der Waals surface area contributed by atoms with Crippen LogP contribution in [0.1, 0.15) is 30.9 Å². The van der Waals surface area contributed by atoms with Crippen molar-refractivity contribution in [3.05, 3.63) is 59.7 Å². The number of hydrogen-bond acceptors (Lipinski definition) is 2. The molecule has 0 unspecified atom stereocenters. The molecular weight excluding hydrogens is 248 g/mol. The molecule has 0 spiro atoms. The van der Waals surface area contributed by atoms with E-state index in [4.69, 9.17) is 9.47 Å². The monoisotopic (exact) mass is 270 g/mol. The number of aryl methyl sites for hydroxylation is 1. The van der Waals surface area contributed by atoms with Crippen molar-refractivity contribution in [3.63, 3.8) is 0 Å². The van der Waals surface area contributed by atoms with E-state index in [0.29, 0.717) is 19.1 Å². The predicted molar refractivity (Wildman–Crippen MR) is 82.7 cm³/mol. The van der Waals surface area contributed by atoms with Crippen molar-refractivity contribution in [1.82, 2.24) is 0 Å². The van der Waals surface area contributed by atoms with Crippen LogP contribution < -0.4 is 9.47 Å². The highest BCUT2D eigenvalue weighted by Gasteiger charge is 2.00. The second-order valence-corrected chi connectivity index (χ2v) is 5.24. The van der Waals surface area contributed by atoms with Crippen molar-refractivity contribution in [2.75, 3.05) is 13.2 Å². The Morgan fingerprint density at radius 3 is 2.10 bits per heavy atom. The Labute approximate surface area is 121 Å². The molecule has 0 radical (unpaired) electrons. The molecule has 0 heterocycles. The lowest BCUT2D eigenvalue weighted by Gasteiger charge is -2.10. The molecule has 0 saturated heterocycles. The van der Waals surface area contributed by atoms with Gasteiger partial charge in [0.25, 0.3) is 0 Å². The molecule has 0 saturated carbocycles. The Kier molecular flexibility index (Phi) is 5.05. The van der Waals surface area contributed by atoms with Crippen molar-refractivity contribution in [3.8, 4) is 11.5 Å². The fraction of sp³-hybridized carbons (Fsp3) is 0.333. The van der Waals surface area contributed by atoms with E-state index in [0.717, 1.165) is 11.5 Å². The van der Waals surface area contributed by atoms with Gasteiger partial charge in [-0.1, -0.05) is 38.1 Å². The quantitative estimate of drug-likeness (QED) is 0.715. The molecule has 0 aliphatic carbocycles. The highest BCUT2D eigenvalue weighted by Crippen LogP contribution is 2.18. The second kappa shape index (κ2) is 6.99. The first-order valence-electron chi connectivity index (χ1n) is 7.07. The summed E-state index contributed by atoms with van der Waals surface area (Å²) in [4.78, 5) is 0. The summed E-state index contributed by atoms with van der Waals surface area (Å²) in [5.41, 5.74) is 2.53. The zero-order chi connectivity index (χ0) is 14.4. The third kappa shape index (κ3) is 4.30. The summed E-state index contributed by atoms with van der Waals surface area (Å²) in [6.45, 7) is 7.53. The van der Waals surface area contributed by atoms with Crippen LogP contribution in [-0.4, -0.2) is 13.2 Å². The van der Waals surface area contributed by atoms with Crippen molar-refractivity contribution < 1.29 is 9.47 Å². The van der Waals surface area contributed by atoms with Gasteiger partial charge in [-0.05, 0) is 48.2 Å². The summed E-state index contributed by atoms with van der Waals surface area (Å²) in [7, 11) is 0. The standard InChI is InChI=1S/C18H22O2/c1-14(2)16-7-9-17(10-8-16)19-11-12-20-18-6-4-5-15(3)13-18/h4-10,13-14H,11-12H2,1-3H3. The average molecular weight is 270 g/mol. The van der Waals surface area contributed by atoms with Crippen LogP contribution in [0.5, 0.6) is 11.5 Å². The van der Waals surface area contributed by atoms with Crippen LogP contribution in [0.4, 0.5) is 0 Å². The van der Waals surface area contributed by atoms with Crippen molar-refractivity contribution in [1.29, 1.82) is 0 Å². The lowest BCUT2D eigenvalue weighted by atomic mass is 10.0. The Balaban J connectivity index is 1.75. The smallest absolute Gasteiger partial charge is 0.122 e. The fourth-order valence-electron chi connectivity index (χ4n) is 1.97. The van der Waals surface area contributed by atoms with Crippen LogP contribution in [0.3, 0.4) is 0 Å². The van der Waals surface area contributed by atoms with Gasteiger partial charge in [0.05, 0.1) is 0 Å². The molecule has 0 amide bonds. The van der Waals surface area contributed by atoms with E-state index in [1.165, 1.54) is 11.1 Å². The van der Waals surface area contributed by atoms with Gasteiger partial charge in [-0.3, -0.25) is 0 Å². The van der Waals surface area contributed by atoms with Gasteiger partial charge in [0.2, 0.25) is 0 Å². The molecule has 2 aromatic rings. The first-order chi connectivity index (χ1) is 9.65. The van der Waals surface area contributed by atoms with Crippen LogP contribution in [0.2, 0.25) is 0 Å². The minimum atomic E-state index is 0.550. The summed E-state index contributed by atoms with van der Waals surface area (Å²) >= 11 is 0. The predicted octanol–water partition coefficient (Wildman–Crippen LogP) is 4.58. The summed E-state index contributed by atoms with van der Waals surface area (Å²) < 4.78 is 11.3. The van der Waals surface area contributed by atoms with Gasteiger partial charge in [-0.15, -0.1) is 0 Å². The maximum atomic E-state index is 5.67. The lowest BCUT2D eigenvalue weighted by Crippen LogP contribution is -2.09. The molecule has 0 aromatic heterocycles. The summed E-state index contributed by atoms with van der Waals surface area (Å²) in [6.07, 6.45) is 0. The van der Waals surface area contributed by atoms with E-state index in [1.807, 2.05) is 30.3 Å². The van der Waals surface area contributed by atoms with Gasteiger partial charge >= 0.3 is 0 Å². The molecule has 0 aliphatic rings. The minimum absolute atomic E-state index is 0.550. The molecule has 0 fully saturated rings. The van der Waals surface area contributed by atoms with E-state index in [9.17, 15) is 0 Å². The normalized spacial score (nSPS) is 10.6. The molecule has 106 valence electrons. The van der Waals surface area contributed by atoms with Crippen molar-refractivity contribution in [2.24, 2.45) is 0 Å². The molecule has 0 aliphatic heterocycles. The van der Waals surface area contributed by atoms with Crippen LogP contribution in [0.15, 0.2) is 48.5 Å². The molecule has 0 atom stereocenters. The van der Waals surface area contributed by atoms with E-state index >= 15 is 0 Å². The molecule has 2 nitrogen and oxygen atoms in total. The SMILES string of the molecule is Cc1cccc(OCCOc2ccc(C(C)C)cc2)c1. The van der Waals surface area contributed by atoms with Crippen LogP contribution in [0.25, 0.3) is 0 Å². The summed E-state index contributed by atoms with van der Waals surface area (Å²) in [5.74, 6) is 2.33. The molecule has 0 bridgehead atoms. The van der Waals surface area contributed by atoms with E-state index in [2.05, 4.69) is 39.0 Å². The first-order valence-corrected chi connectivity index (χ1v) is 7.07. The topological polar surface area (TPSA) is 18.5 Å². The lowest BCUT2D eigenvalue weighted by molar-refractivity contribution is 0.217. The van der Waals surface area contributed by atoms with Crippen LogP contribution >= 0.6 is 0 Å². The Morgan fingerprint density at radius 1 is 0.850 bits per heavy atom. The Hall–Kier alpha value is -1.96. The number of ether oxygens (including phenoxy) is 2. The maximum absolute atomic E-state index is 5.67. The van der Waals surface area contributed by atoms with Crippen molar-refractivity contribution in [2.45, 2.75) is 26.7 Å². The van der Waals surface area contributed by atoms with E-state index in [-0.39, 0.29) is 0 Å². The first kappa shape index (κ1) is 14.4.